The lowest BCUT2D eigenvalue weighted by molar-refractivity contribution is -0.178. The van der Waals surface area contributed by atoms with Gasteiger partial charge in [-0.05, 0) is 31.8 Å². The van der Waals surface area contributed by atoms with Gasteiger partial charge in [0.05, 0.1) is 0 Å². The molecule has 16 heavy (non-hydrogen) atoms. The molecule has 0 aromatic rings. The molecule has 2 saturated heterocycles. The number of fused-ring (bicyclic) bond motifs is 3. The minimum absolute atomic E-state index is 0.336. The van der Waals surface area contributed by atoms with Crippen molar-refractivity contribution in [3.8, 4) is 0 Å². The summed E-state index contributed by atoms with van der Waals surface area (Å²) in [6.45, 7) is 3.00. The van der Waals surface area contributed by atoms with Crippen LogP contribution < -0.4 is 0 Å². The molecule has 88 valence electrons. The first kappa shape index (κ1) is 10.5. The van der Waals surface area contributed by atoms with Crippen molar-refractivity contribution >= 4 is 0 Å². The molecule has 2 aliphatic heterocycles. The van der Waals surface area contributed by atoms with E-state index in [2.05, 4.69) is 23.1 Å². The number of hydrogen-bond donors (Lipinski definition) is 1. The first-order chi connectivity index (χ1) is 7.63. The van der Waals surface area contributed by atoms with Crippen LogP contribution in [0.4, 0.5) is 0 Å². The summed E-state index contributed by atoms with van der Waals surface area (Å²) in [6, 6.07) is 0.336. The van der Waals surface area contributed by atoms with Gasteiger partial charge < -0.3 is 9.84 Å². The summed E-state index contributed by atoms with van der Waals surface area (Å²) in [5, 5.41) is 10.9. The number of aliphatic hydroxyl groups is 1. The highest BCUT2D eigenvalue weighted by molar-refractivity contribution is 5.40. The highest BCUT2D eigenvalue weighted by atomic mass is 16.5. The van der Waals surface area contributed by atoms with E-state index in [0.717, 1.165) is 25.8 Å². The topological polar surface area (TPSA) is 32.7 Å². The third kappa shape index (κ3) is 0.992. The third-order valence-corrected chi connectivity index (χ3v) is 4.63. The lowest BCUT2D eigenvalue weighted by Gasteiger charge is -2.39. The van der Waals surface area contributed by atoms with Crippen molar-refractivity contribution in [1.82, 2.24) is 4.90 Å². The molecule has 3 heteroatoms. The predicted octanol–water partition coefficient (Wildman–Crippen LogP) is 1.44. The highest BCUT2D eigenvalue weighted by Gasteiger charge is 2.64. The van der Waals surface area contributed by atoms with Crippen LogP contribution in [-0.4, -0.2) is 41.0 Å². The van der Waals surface area contributed by atoms with Crippen molar-refractivity contribution in [3.05, 3.63) is 23.8 Å². The van der Waals surface area contributed by atoms with Gasteiger partial charge in [0.25, 0.3) is 0 Å². The zero-order chi connectivity index (χ0) is 11.4. The largest absolute Gasteiger partial charge is 0.372 e. The summed E-state index contributed by atoms with van der Waals surface area (Å²) in [5.74, 6) is 0. The van der Waals surface area contributed by atoms with Gasteiger partial charge in [0.1, 0.15) is 5.60 Å². The van der Waals surface area contributed by atoms with E-state index in [1.807, 2.05) is 6.92 Å². The number of ether oxygens (including phenoxy) is 1. The summed E-state index contributed by atoms with van der Waals surface area (Å²) < 4.78 is 5.69. The van der Waals surface area contributed by atoms with Crippen LogP contribution in [0, 0.1) is 0 Å². The maximum atomic E-state index is 10.9. The average Bonchev–Trinajstić information content (AvgIpc) is 2.78. The van der Waals surface area contributed by atoms with E-state index in [0.29, 0.717) is 6.04 Å². The Kier molecular flexibility index (Phi) is 2.09. The predicted molar refractivity (Wildman–Crippen MR) is 61.9 cm³/mol. The summed E-state index contributed by atoms with van der Waals surface area (Å²) >= 11 is 0. The molecule has 0 aromatic heterocycles. The Hall–Kier alpha value is -0.640. The molecule has 2 fully saturated rings. The fourth-order valence-electron chi connectivity index (χ4n) is 3.65. The van der Waals surface area contributed by atoms with Crippen LogP contribution in [0.2, 0.25) is 0 Å². The van der Waals surface area contributed by atoms with E-state index < -0.39 is 11.3 Å². The van der Waals surface area contributed by atoms with Gasteiger partial charge in [0.2, 0.25) is 0 Å². The Morgan fingerprint density at radius 3 is 3.12 bits per heavy atom. The van der Waals surface area contributed by atoms with Crippen LogP contribution in [-0.2, 0) is 4.74 Å². The minimum atomic E-state index is -0.801. The first-order valence-corrected chi connectivity index (χ1v) is 6.05. The number of allylic oxidation sites excluding steroid dienone is 2. The van der Waals surface area contributed by atoms with Gasteiger partial charge in [0.15, 0.2) is 5.72 Å². The van der Waals surface area contributed by atoms with Crippen molar-refractivity contribution in [3.63, 3.8) is 0 Å². The van der Waals surface area contributed by atoms with Gasteiger partial charge in [-0.15, -0.1) is 0 Å². The van der Waals surface area contributed by atoms with Gasteiger partial charge >= 0.3 is 0 Å². The van der Waals surface area contributed by atoms with Gasteiger partial charge in [-0.2, -0.15) is 0 Å². The number of nitrogens with zero attached hydrogens (tertiary/aromatic N) is 1. The van der Waals surface area contributed by atoms with Crippen LogP contribution in [0.5, 0.6) is 0 Å². The Bertz CT molecular complexity index is 376. The molecule has 3 rings (SSSR count). The first-order valence-electron chi connectivity index (χ1n) is 6.05. The molecule has 0 spiro atoms. The van der Waals surface area contributed by atoms with E-state index in [1.165, 1.54) is 5.57 Å². The molecule has 3 nitrogen and oxygen atoms in total. The van der Waals surface area contributed by atoms with Crippen LogP contribution in [0.15, 0.2) is 23.8 Å². The quantitative estimate of drug-likeness (QED) is 0.727. The van der Waals surface area contributed by atoms with Crippen LogP contribution >= 0.6 is 0 Å². The smallest absolute Gasteiger partial charge is 0.151 e. The zero-order valence-electron chi connectivity index (χ0n) is 9.94. The van der Waals surface area contributed by atoms with Crippen LogP contribution in [0.1, 0.15) is 26.2 Å². The lowest BCUT2D eigenvalue weighted by atomic mass is 9.83. The second kappa shape index (κ2) is 3.19. The lowest BCUT2D eigenvalue weighted by Crippen LogP contribution is -2.54. The SMILES string of the molecule is COC1(C)C2=CC=CCC2N2CCCC21O. The van der Waals surface area contributed by atoms with E-state index in [-0.39, 0.29) is 0 Å². The Labute approximate surface area is 96.4 Å². The van der Waals surface area contributed by atoms with E-state index in [4.69, 9.17) is 4.74 Å². The summed E-state index contributed by atoms with van der Waals surface area (Å²) in [4.78, 5) is 2.23. The monoisotopic (exact) mass is 221 g/mol. The fraction of sp³-hybridized carbons (Fsp3) is 0.692. The van der Waals surface area contributed by atoms with Gasteiger partial charge in [-0.1, -0.05) is 18.2 Å². The molecule has 0 saturated carbocycles. The molecular weight excluding hydrogens is 202 g/mol. The molecule has 3 atom stereocenters. The molecule has 0 amide bonds. The van der Waals surface area contributed by atoms with Gasteiger partial charge in [-0.25, -0.2) is 0 Å². The zero-order valence-corrected chi connectivity index (χ0v) is 9.94. The molecule has 3 aliphatic rings. The summed E-state index contributed by atoms with van der Waals surface area (Å²) in [6.07, 6.45) is 9.23. The molecule has 3 unspecified atom stereocenters. The van der Waals surface area contributed by atoms with Gasteiger partial charge in [0, 0.05) is 19.7 Å². The second-order valence-electron chi connectivity index (χ2n) is 5.15. The van der Waals surface area contributed by atoms with Crippen molar-refractivity contribution in [2.45, 2.75) is 43.6 Å². The third-order valence-electron chi connectivity index (χ3n) is 4.63. The van der Waals surface area contributed by atoms with Crippen molar-refractivity contribution < 1.29 is 9.84 Å². The Morgan fingerprint density at radius 2 is 2.38 bits per heavy atom. The minimum Gasteiger partial charge on any atom is -0.372 e. The van der Waals surface area contributed by atoms with E-state index in [1.54, 1.807) is 7.11 Å². The van der Waals surface area contributed by atoms with Crippen molar-refractivity contribution in [2.75, 3.05) is 13.7 Å². The van der Waals surface area contributed by atoms with Crippen molar-refractivity contribution in [1.29, 1.82) is 0 Å². The number of methoxy groups -OCH3 is 1. The number of rotatable bonds is 1. The normalized spacial score (nSPS) is 46.7. The molecular formula is C13H19NO2. The molecule has 0 aromatic carbocycles. The summed E-state index contributed by atoms with van der Waals surface area (Å²) in [7, 11) is 1.70. The molecule has 0 radical (unpaired) electrons. The summed E-state index contributed by atoms with van der Waals surface area (Å²) in [5.41, 5.74) is -0.108. The van der Waals surface area contributed by atoms with Crippen LogP contribution in [0.3, 0.4) is 0 Å². The Balaban J connectivity index is 2.13. The molecule has 1 N–H and O–H groups in total. The maximum Gasteiger partial charge on any atom is 0.151 e. The van der Waals surface area contributed by atoms with Gasteiger partial charge in [-0.3, -0.25) is 4.90 Å². The standard InChI is InChI=1S/C13H19NO2/c1-12(16-2)10-6-3-4-7-11(10)14-9-5-8-13(12,14)15/h3-4,6,11,15H,5,7-9H2,1-2H3. The average molecular weight is 221 g/mol. The molecule has 2 heterocycles. The number of hydrogen-bond acceptors (Lipinski definition) is 3. The Morgan fingerprint density at radius 1 is 1.56 bits per heavy atom. The second-order valence-corrected chi connectivity index (χ2v) is 5.15. The van der Waals surface area contributed by atoms with Crippen molar-refractivity contribution in [2.24, 2.45) is 0 Å². The van der Waals surface area contributed by atoms with E-state index in [9.17, 15) is 5.11 Å². The molecule has 1 aliphatic carbocycles. The molecule has 0 bridgehead atoms. The maximum absolute atomic E-state index is 10.9. The fourth-order valence-corrected chi connectivity index (χ4v) is 3.65. The highest BCUT2D eigenvalue weighted by Crippen LogP contribution is 2.53. The van der Waals surface area contributed by atoms with Crippen LogP contribution in [0.25, 0.3) is 0 Å². The van der Waals surface area contributed by atoms with E-state index >= 15 is 0 Å².